The van der Waals surface area contributed by atoms with Crippen LogP contribution in [0.2, 0.25) is 0 Å². The largest absolute Gasteiger partial charge is 0.494 e. The highest BCUT2D eigenvalue weighted by atomic mass is 16.6. The number of carbonyl (C=O) groups is 2. The quantitative estimate of drug-likeness (QED) is 0.255. The first-order chi connectivity index (χ1) is 14.4. The molecule has 2 rings (SSSR count). The predicted molar refractivity (Wildman–Crippen MR) is 109 cm³/mol. The molecule has 1 heterocycles. The fraction of sp³-hybridized carbons (Fsp3) is 0.579. The molecule has 1 amide bonds. The van der Waals surface area contributed by atoms with Gasteiger partial charge in [-0.15, -0.1) is 0 Å². The molecule has 0 bridgehead atoms. The number of nitrogens with zero attached hydrogens (tertiary/aromatic N) is 2. The molecule has 0 aromatic heterocycles. The molecule has 1 aromatic carbocycles. The number of benzene rings is 1. The molecule has 0 radical (unpaired) electrons. The summed E-state index contributed by atoms with van der Waals surface area (Å²) in [4.78, 5) is 36.7. The number of carboxylic acid groups (broad SMARTS) is 1. The molecule has 3 N–H and O–H groups in total. The number of nitro groups is 1. The number of carboxylic acids is 1. The maximum atomic E-state index is 12.3. The van der Waals surface area contributed by atoms with Gasteiger partial charge in [0.25, 0.3) is 5.69 Å². The van der Waals surface area contributed by atoms with Crippen LogP contribution in [0.3, 0.4) is 0 Å². The topological polar surface area (TPSA) is 143 Å². The highest BCUT2D eigenvalue weighted by Gasteiger charge is 2.23. The van der Waals surface area contributed by atoms with Crippen LogP contribution in [0.5, 0.6) is 5.75 Å². The van der Waals surface area contributed by atoms with Gasteiger partial charge < -0.3 is 25.2 Å². The lowest BCUT2D eigenvalue weighted by Crippen LogP contribution is -2.42. The Morgan fingerprint density at radius 1 is 1.37 bits per heavy atom. The molecule has 1 aliphatic heterocycles. The molecule has 1 saturated heterocycles. The molecule has 0 spiro atoms. The van der Waals surface area contributed by atoms with Gasteiger partial charge in [0.1, 0.15) is 17.5 Å². The molecule has 1 atom stereocenters. The Kier molecular flexibility index (Phi) is 9.45. The summed E-state index contributed by atoms with van der Waals surface area (Å²) in [6, 6.07) is 3.01. The van der Waals surface area contributed by atoms with E-state index in [1.807, 2.05) is 0 Å². The fourth-order valence-electron chi connectivity index (χ4n) is 3.06. The van der Waals surface area contributed by atoms with E-state index < -0.39 is 22.8 Å². The number of aliphatic carboxylic acids is 1. The molecule has 11 heteroatoms. The van der Waals surface area contributed by atoms with Crippen LogP contribution < -0.4 is 15.4 Å². The van der Waals surface area contributed by atoms with Crippen molar-refractivity contribution in [2.45, 2.75) is 25.8 Å². The van der Waals surface area contributed by atoms with Gasteiger partial charge in [-0.2, -0.15) is 0 Å². The van der Waals surface area contributed by atoms with Crippen LogP contribution in [-0.2, 0) is 14.3 Å². The Morgan fingerprint density at radius 3 is 2.73 bits per heavy atom. The number of anilines is 1. The minimum absolute atomic E-state index is 0.00934. The van der Waals surface area contributed by atoms with E-state index in [-0.39, 0.29) is 17.8 Å². The molecule has 0 unspecified atom stereocenters. The third-order valence-corrected chi connectivity index (χ3v) is 4.58. The number of hydrogen-bond acceptors (Lipinski definition) is 8. The summed E-state index contributed by atoms with van der Waals surface area (Å²) in [5, 5.41) is 25.9. The van der Waals surface area contributed by atoms with Gasteiger partial charge in [-0.25, -0.2) is 0 Å². The zero-order chi connectivity index (χ0) is 21.9. The zero-order valence-electron chi connectivity index (χ0n) is 17.0. The average molecular weight is 424 g/mol. The predicted octanol–water partition coefficient (Wildman–Crippen LogP) is 1.09. The van der Waals surface area contributed by atoms with Crippen molar-refractivity contribution in [3.05, 3.63) is 28.3 Å². The second-order valence-corrected chi connectivity index (χ2v) is 6.77. The normalized spacial score (nSPS) is 15.4. The van der Waals surface area contributed by atoms with Crippen LogP contribution in [0.4, 0.5) is 11.4 Å². The second kappa shape index (κ2) is 12.1. The number of amides is 1. The van der Waals surface area contributed by atoms with E-state index in [0.717, 1.165) is 26.1 Å². The van der Waals surface area contributed by atoms with E-state index in [1.54, 1.807) is 6.92 Å². The maximum absolute atomic E-state index is 12.3. The smallest absolute Gasteiger partial charge is 0.321 e. The lowest BCUT2D eigenvalue weighted by molar-refractivity contribution is -0.384. The summed E-state index contributed by atoms with van der Waals surface area (Å²) < 4.78 is 10.5. The molecule has 30 heavy (non-hydrogen) atoms. The highest BCUT2D eigenvalue weighted by Crippen LogP contribution is 2.29. The number of rotatable bonds is 12. The second-order valence-electron chi connectivity index (χ2n) is 6.77. The Morgan fingerprint density at radius 2 is 2.10 bits per heavy atom. The summed E-state index contributed by atoms with van der Waals surface area (Å²) in [6.07, 6.45) is 0.382. The minimum Gasteiger partial charge on any atom is -0.494 e. The molecular weight excluding hydrogens is 396 g/mol. The first kappa shape index (κ1) is 23.5. The van der Waals surface area contributed by atoms with Crippen molar-refractivity contribution in [2.24, 2.45) is 0 Å². The minimum atomic E-state index is -1.15. The Labute approximate surface area is 174 Å². The van der Waals surface area contributed by atoms with Crippen molar-refractivity contribution in [1.82, 2.24) is 10.2 Å². The standard InChI is InChI=1S/C19H28N4O7/c1-2-30-14-4-5-15(17(12-14)23(27)28)21-18(24)13-16(19(25)26)20-6-3-7-22-8-10-29-11-9-22/h4-5,12,16,20H,2-3,6-11,13H2,1H3,(H,21,24)(H,25,26)/t16-/m1/s1. The number of morpholine rings is 1. The van der Waals surface area contributed by atoms with E-state index in [0.29, 0.717) is 32.1 Å². The monoisotopic (exact) mass is 424 g/mol. The molecular formula is C19H28N4O7. The number of nitro benzene ring substituents is 1. The van der Waals surface area contributed by atoms with Gasteiger partial charge in [0.05, 0.1) is 37.2 Å². The summed E-state index contributed by atoms with van der Waals surface area (Å²) in [5.74, 6) is -1.47. The van der Waals surface area contributed by atoms with Crippen molar-refractivity contribution < 1.29 is 29.1 Å². The van der Waals surface area contributed by atoms with Gasteiger partial charge in [-0.05, 0) is 38.6 Å². The van der Waals surface area contributed by atoms with E-state index >= 15 is 0 Å². The fourth-order valence-corrected chi connectivity index (χ4v) is 3.06. The van der Waals surface area contributed by atoms with E-state index in [9.17, 15) is 24.8 Å². The van der Waals surface area contributed by atoms with Crippen LogP contribution in [0, 0.1) is 10.1 Å². The summed E-state index contributed by atoms with van der Waals surface area (Å²) >= 11 is 0. The first-order valence-electron chi connectivity index (χ1n) is 9.88. The number of ether oxygens (including phenoxy) is 2. The average Bonchev–Trinajstić information content (AvgIpc) is 2.72. The number of nitrogens with one attached hydrogen (secondary N) is 2. The SMILES string of the molecule is CCOc1ccc(NC(=O)C[C@@H](NCCCN2CCOCC2)C(=O)O)c([N+](=O)[O-])c1. The maximum Gasteiger partial charge on any atom is 0.321 e. The molecule has 0 aliphatic carbocycles. The lowest BCUT2D eigenvalue weighted by atomic mass is 10.1. The van der Waals surface area contributed by atoms with Gasteiger partial charge >= 0.3 is 5.97 Å². The Balaban J connectivity index is 1.87. The Hall–Kier alpha value is -2.76. The van der Waals surface area contributed by atoms with Gasteiger partial charge in [-0.1, -0.05) is 0 Å². The van der Waals surface area contributed by atoms with Crippen LogP contribution >= 0.6 is 0 Å². The van der Waals surface area contributed by atoms with Crippen LogP contribution in [0.1, 0.15) is 19.8 Å². The van der Waals surface area contributed by atoms with Crippen LogP contribution in [-0.4, -0.2) is 78.8 Å². The third kappa shape index (κ3) is 7.58. The Bertz CT molecular complexity index is 738. The molecule has 166 valence electrons. The lowest BCUT2D eigenvalue weighted by Gasteiger charge is -2.26. The van der Waals surface area contributed by atoms with E-state index in [1.165, 1.54) is 18.2 Å². The summed E-state index contributed by atoms with van der Waals surface area (Å²) in [5.41, 5.74) is -0.329. The van der Waals surface area contributed by atoms with Gasteiger partial charge in [-0.3, -0.25) is 24.6 Å². The first-order valence-corrected chi connectivity index (χ1v) is 9.88. The molecule has 1 aliphatic rings. The summed E-state index contributed by atoms with van der Waals surface area (Å²) in [6.45, 7) is 6.45. The molecule has 1 fully saturated rings. The van der Waals surface area contributed by atoms with E-state index in [4.69, 9.17) is 9.47 Å². The molecule has 0 saturated carbocycles. The number of carbonyl (C=O) groups excluding carboxylic acids is 1. The molecule has 1 aromatic rings. The van der Waals surface area contributed by atoms with Crippen molar-refractivity contribution in [2.75, 3.05) is 51.3 Å². The molecule has 11 nitrogen and oxygen atoms in total. The van der Waals surface area contributed by atoms with Crippen molar-refractivity contribution in [3.63, 3.8) is 0 Å². The van der Waals surface area contributed by atoms with Gasteiger partial charge in [0, 0.05) is 13.1 Å². The van der Waals surface area contributed by atoms with Crippen molar-refractivity contribution in [3.8, 4) is 5.75 Å². The highest BCUT2D eigenvalue weighted by molar-refractivity contribution is 5.95. The van der Waals surface area contributed by atoms with Crippen LogP contribution in [0.25, 0.3) is 0 Å². The van der Waals surface area contributed by atoms with Crippen LogP contribution in [0.15, 0.2) is 18.2 Å². The van der Waals surface area contributed by atoms with Gasteiger partial charge in [0.2, 0.25) is 5.91 Å². The van der Waals surface area contributed by atoms with Gasteiger partial charge in [0.15, 0.2) is 0 Å². The number of hydrogen-bond donors (Lipinski definition) is 3. The van der Waals surface area contributed by atoms with Crippen molar-refractivity contribution >= 4 is 23.3 Å². The third-order valence-electron chi connectivity index (χ3n) is 4.58. The summed E-state index contributed by atoms with van der Waals surface area (Å²) in [7, 11) is 0. The van der Waals surface area contributed by atoms with Crippen molar-refractivity contribution in [1.29, 1.82) is 0 Å². The van der Waals surface area contributed by atoms with E-state index in [2.05, 4.69) is 15.5 Å². The zero-order valence-corrected chi connectivity index (χ0v) is 17.0.